The zero-order valence-electron chi connectivity index (χ0n) is 21.0. The van der Waals surface area contributed by atoms with Crippen molar-refractivity contribution in [3.05, 3.63) is 114 Å². The van der Waals surface area contributed by atoms with Gasteiger partial charge in [-0.15, -0.1) is 6.58 Å². The lowest BCUT2D eigenvalue weighted by Gasteiger charge is -2.23. The fourth-order valence-electron chi connectivity index (χ4n) is 2.96. The minimum Gasteiger partial charge on any atom is -0.481 e. The first-order valence-corrected chi connectivity index (χ1v) is 11.7. The van der Waals surface area contributed by atoms with Crippen molar-refractivity contribution in [2.45, 2.75) is 53.4 Å². The molecule has 0 spiro atoms. The molecule has 0 saturated carbocycles. The quantitative estimate of drug-likeness (QED) is 0.296. The lowest BCUT2D eigenvalue weighted by molar-refractivity contribution is -0.136. The number of hydrogen-bond donors (Lipinski definition) is 1. The normalized spacial score (nSPS) is 10.8. The molecule has 0 atom stereocenters. The van der Waals surface area contributed by atoms with E-state index in [4.69, 9.17) is 5.11 Å². The Morgan fingerprint density at radius 1 is 0.909 bits per heavy atom. The lowest BCUT2D eigenvalue weighted by atomic mass is 10.1. The van der Waals surface area contributed by atoms with Crippen molar-refractivity contribution < 1.29 is 9.90 Å². The Morgan fingerprint density at radius 3 is 2.12 bits per heavy atom. The number of aliphatic carboxylic acids is 1. The van der Waals surface area contributed by atoms with Crippen molar-refractivity contribution >= 4 is 11.7 Å². The Balaban J connectivity index is 0.00000189. The molecular formula is C30H41NO2. The Labute approximate surface area is 201 Å². The van der Waals surface area contributed by atoms with Gasteiger partial charge < -0.3 is 10.0 Å². The van der Waals surface area contributed by atoms with Crippen LogP contribution in [0, 0.1) is 0 Å². The van der Waals surface area contributed by atoms with Gasteiger partial charge >= 0.3 is 5.97 Å². The highest BCUT2D eigenvalue weighted by Gasteiger charge is 2.09. The number of carboxylic acids is 1. The first-order valence-electron chi connectivity index (χ1n) is 11.7. The van der Waals surface area contributed by atoms with Crippen LogP contribution in [0.25, 0.3) is 0 Å². The molecule has 0 bridgehead atoms. The van der Waals surface area contributed by atoms with E-state index in [-0.39, 0.29) is 6.42 Å². The van der Waals surface area contributed by atoms with Crippen LogP contribution in [0.3, 0.4) is 0 Å². The predicted octanol–water partition coefficient (Wildman–Crippen LogP) is 8.01. The van der Waals surface area contributed by atoms with Gasteiger partial charge in [0.1, 0.15) is 0 Å². The van der Waals surface area contributed by atoms with Crippen LogP contribution in [0.15, 0.2) is 103 Å². The monoisotopic (exact) mass is 447 g/mol. The summed E-state index contributed by atoms with van der Waals surface area (Å²) >= 11 is 0. The average molecular weight is 448 g/mol. The number of carboxylic acid groups (broad SMARTS) is 1. The maximum Gasteiger partial charge on any atom is 0.303 e. The van der Waals surface area contributed by atoms with Crippen molar-refractivity contribution in [1.29, 1.82) is 0 Å². The number of hydrogen-bond acceptors (Lipinski definition) is 2. The number of aryl methyl sites for hydroxylation is 2. The highest BCUT2D eigenvalue weighted by Crippen LogP contribution is 2.23. The highest BCUT2D eigenvalue weighted by molar-refractivity contribution is 5.67. The zero-order chi connectivity index (χ0) is 24.9. The van der Waals surface area contributed by atoms with Crippen LogP contribution >= 0.6 is 0 Å². The Kier molecular flexibility index (Phi) is 17.4. The van der Waals surface area contributed by atoms with Gasteiger partial charge in [0.05, 0.1) is 0 Å². The minimum atomic E-state index is -0.767. The lowest BCUT2D eigenvalue weighted by Crippen LogP contribution is -2.17. The molecule has 0 radical (unpaired) electrons. The molecule has 178 valence electrons. The number of anilines is 1. The van der Waals surface area contributed by atoms with Crippen LogP contribution in [0.2, 0.25) is 0 Å². The van der Waals surface area contributed by atoms with Crippen molar-refractivity contribution in [3.63, 3.8) is 0 Å². The fraction of sp³-hybridized carbons (Fsp3) is 0.300. The van der Waals surface area contributed by atoms with Gasteiger partial charge in [0, 0.05) is 24.9 Å². The number of nitrogens with zero attached hydrogens (tertiary/aromatic N) is 1. The second-order valence-corrected chi connectivity index (χ2v) is 7.09. The van der Waals surface area contributed by atoms with E-state index >= 15 is 0 Å². The van der Waals surface area contributed by atoms with E-state index in [2.05, 4.69) is 67.1 Å². The largest absolute Gasteiger partial charge is 0.481 e. The first kappa shape index (κ1) is 29.7. The van der Waals surface area contributed by atoms with Gasteiger partial charge in [-0.05, 0) is 62.4 Å². The van der Waals surface area contributed by atoms with E-state index < -0.39 is 5.97 Å². The van der Waals surface area contributed by atoms with Crippen molar-refractivity contribution in [2.75, 3.05) is 11.9 Å². The summed E-state index contributed by atoms with van der Waals surface area (Å²) in [5, 5.41) is 8.93. The molecule has 0 unspecified atom stereocenters. The smallest absolute Gasteiger partial charge is 0.303 e. The second kappa shape index (κ2) is 19.4. The van der Waals surface area contributed by atoms with E-state index in [1.54, 1.807) is 6.08 Å². The van der Waals surface area contributed by atoms with Gasteiger partial charge in [0.2, 0.25) is 0 Å². The van der Waals surface area contributed by atoms with Crippen molar-refractivity contribution in [1.82, 2.24) is 0 Å². The molecule has 33 heavy (non-hydrogen) atoms. The third kappa shape index (κ3) is 13.6. The number of carbonyl (C=O) groups is 1. The van der Waals surface area contributed by atoms with Crippen LogP contribution in [0.1, 0.15) is 51.7 Å². The molecule has 0 aliphatic rings. The molecule has 0 aromatic heterocycles. The number of benzene rings is 2. The molecule has 0 fully saturated rings. The summed E-state index contributed by atoms with van der Waals surface area (Å²) in [6.45, 7) is 11.2. The molecule has 0 aliphatic carbocycles. The molecule has 1 N–H and O–H groups in total. The molecule has 0 amide bonds. The summed E-state index contributed by atoms with van der Waals surface area (Å²) in [5.74, 6) is -0.767. The van der Waals surface area contributed by atoms with E-state index in [0.717, 1.165) is 24.1 Å². The molecule has 2 rings (SSSR count). The van der Waals surface area contributed by atoms with E-state index in [9.17, 15) is 4.79 Å². The van der Waals surface area contributed by atoms with Gasteiger partial charge in [-0.2, -0.15) is 0 Å². The van der Waals surface area contributed by atoms with Crippen LogP contribution in [0.5, 0.6) is 0 Å². The molecule has 3 nitrogen and oxygen atoms in total. The van der Waals surface area contributed by atoms with Crippen LogP contribution < -0.4 is 4.90 Å². The summed E-state index contributed by atoms with van der Waals surface area (Å²) < 4.78 is 0. The second-order valence-electron chi connectivity index (χ2n) is 7.09. The summed E-state index contributed by atoms with van der Waals surface area (Å²) in [5.41, 5.74) is 4.63. The van der Waals surface area contributed by atoms with E-state index in [0.29, 0.717) is 6.42 Å². The van der Waals surface area contributed by atoms with Gasteiger partial charge in [-0.1, -0.05) is 86.7 Å². The molecule has 0 aliphatic heterocycles. The fourth-order valence-corrected chi connectivity index (χ4v) is 2.96. The van der Waals surface area contributed by atoms with Crippen LogP contribution in [-0.2, 0) is 17.6 Å². The van der Waals surface area contributed by atoms with E-state index in [1.165, 1.54) is 11.3 Å². The number of rotatable bonds is 10. The Bertz CT molecular complexity index is 879. The highest BCUT2D eigenvalue weighted by atomic mass is 16.4. The maximum atomic E-state index is 10.9. The van der Waals surface area contributed by atoms with Crippen LogP contribution in [0.4, 0.5) is 5.69 Å². The Morgan fingerprint density at radius 2 is 1.52 bits per heavy atom. The topological polar surface area (TPSA) is 40.5 Å². The third-order valence-electron chi connectivity index (χ3n) is 4.57. The molecule has 0 heterocycles. The summed E-state index contributed by atoms with van der Waals surface area (Å²) in [7, 11) is 2.07. The predicted molar refractivity (Wildman–Crippen MR) is 145 cm³/mol. The van der Waals surface area contributed by atoms with Crippen molar-refractivity contribution in [3.8, 4) is 0 Å². The van der Waals surface area contributed by atoms with Gasteiger partial charge in [0.25, 0.3) is 0 Å². The minimum absolute atomic E-state index is 0.149. The maximum absolute atomic E-state index is 10.9. The molecule has 2 aromatic carbocycles. The average Bonchev–Trinajstić information content (AvgIpc) is 2.84. The first-order chi connectivity index (χ1) is 16.0. The summed E-state index contributed by atoms with van der Waals surface area (Å²) in [6, 6.07) is 18.6. The van der Waals surface area contributed by atoms with E-state index in [1.807, 2.05) is 64.1 Å². The van der Waals surface area contributed by atoms with Gasteiger partial charge in [0.15, 0.2) is 0 Å². The van der Waals surface area contributed by atoms with Gasteiger partial charge in [-0.25, -0.2) is 0 Å². The van der Waals surface area contributed by atoms with Gasteiger partial charge in [-0.3, -0.25) is 4.79 Å². The number of allylic oxidation sites excluding steroid dienone is 7. The molecular weight excluding hydrogens is 406 g/mol. The molecule has 2 aromatic rings. The Hall–Kier alpha value is -3.33. The molecule has 0 saturated heterocycles. The molecule has 3 heteroatoms. The zero-order valence-corrected chi connectivity index (χ0v) is 21.0. The van der Waals surface area contributed by atoms with Crippen molar-refractivity contribution in [2.24, 2.45) is 0 Å². The SMILES string of the molecule is C/C=C/C=C/C=C(/CCc1ccccc1)N(C)c1cccc(CCC(=O)O)c1.C=CC.CC. The summed E-state index contributed by atoms with van der Waals surface area (Å²) in [4.78, 5) is 13.0. The summed E-state index contributed by atoms with van der Waals surface area (Å²) in [6.07, 6.45) is 14.6. The third-order valence-corrected chi connectivity index (χ3v) is 4.57. The van der Waals surface area contributed by atoms with Crippen LogP contribution in [-0.4, -0.2) is 18.1 Å². The standard InChI is InChI=1S/C25H29NO2.C3H6.C2H6/c1-3-4-5-9-14-23(18-16-21-11-7-6-8-12-21)26(2)24-15-10-13-22(20-24)17-19-25(27)28;1-3-2;1-2/h3-15,20H,16-19H2,1-2H3,(H,27,28);3H,1H2,2H3;1-2H3/b4-3+,9-5+,23-14-;;.